The molecular formula is C17H27N3O3S. The summed E-state index contributed by atoms with van der Waals surface area (Å²) >= 11 is 0. The normalized spacial score (nSPS) is 14.9. The Kier molecular flexibility index (Phi) is 6.10. The Bertz CT molecular complexity index is 650. The smallest absolute Gasteiger partial charge is 0.232 e. The van der Waals surface area contributed by atoms with Crippen molar-refractivity contribution in [3.63, 3.8) is 0 Å². The number of amides is 1. The third-order valence-corrected chi connectivity index (χ3v) is 5.34. The van der Waals surface area contributed by atoms with Gasteiger partial charge in [0.05, 0.1) is 18.5 Å². The maximum atomic E-state index is 12.1. The van der Waals surface area contributed by atoms with Crippen molar-refractivity contribution in [2.75, 3.05) is 41.6 Å². The Labute approximate surface area is 144 Å². The van der Waals surface area contributed by atoms with Crippen molar-refractivity contribution in [3.8, 4) is 0 Å². The lowest BCUT2D eigenvalue weighted by Crippen LogP contribution is -2.39. The van der Waals surface area contributed by atoms with E-state index >= 15 is 0 Å². The number of sulfonamides is 1. The van der Waals surface area contributed by atoms with Gasteiger partial charge in [-0.15, -0.1) is 0 Å². The molecule has 1 aromatic rings. The Balaban J connectivity index is 2.06. The van der Waals surface area contributed by atoms with Gasteiger partial charge in [0, 0.05) is 31.2 Å². The van der Waals surface area contributed by atoms with E-state index in [1.165, 1.54) is 23.4 Å². The van der Waals surface area contributed by atoms with Crippen LogP contribution in [-0.2, 0) is 14.8 Å². The van der Waals surface area contributed by atoms with E-state index in [1.54, 1.807) is 13.8 Å². The molecule has 2 rings (SSSR count). The summed E-state index contributed by atoms with van der Waals surface area (Å²) in [6, 6.07) is 7.59. The van der Waals surface area contributed by atoms with Crippen molar-refractivity contribution in [1.29, 1.82) is 0 Å². The molecule has 134 valence electrons. The highest BCUT2D eigenvalue weighted by atomic mass is 32.2. The third kappa shape index (κ3) is 4.87. The molecule has 1 aliphatic heterocycles. The fourth-order valence-corrected chi connectivity index (χ4v) is 3.70. The molecule has 24 heavy (non-hydrogen) atoms. The van der Waals surface area contributed by atoms with Gasteiger partial charge in [0.15, 0.2) is 0 Å². The van der Waals surface area contributed by atoms with Gasteiger partial charge >= 0.3 is 0 Å². The minimum absolute atomic E-state index is 0.0761. The average Bonchev–Trinajstić information content (AvgIpc) is 3.04. The number of carbonyl (C=O) groups excluding carboxylic acids is 1. The minimum atomic E-state index is -3.40. The minimum Gasteiger partial charge on any atom is -0.372 e. The fourth-order valence-electron chi connectivity index (χ4n) is 2.78. The number of nitrogens with zero attached hydrogens (tertiary/aromatic N) is 2. The first kappa shape index (κ1) is 18.6. The lowest BCUT2D eigenvalue weighted by molar-refractivity contribution is -0.123. The molecule has 1 N–H and O–H groups in total. The highest BCUT2D eigenvalue weighted by molar-refractivity contribution is 7.92. The Morgan fingerprint density at radius 2 is 1.79 bits per heavy atom. The van der Waals surface area contributed by atoms with Crippen molar-refractivity contribution in [3.05, 3.63) is 24.3 Å². The first-order valence-electron chi connectivity index (χ1n) is 8.39. The van der Waals surface area contributed by atoms with E-state index in [2.05, 4.69) is 10.2 Å². The van der Waals surface area contributed by atoms with Crippen LogP contribution in [0.5, 0.6) is 0 Å². The molecule has 0 aromatic heterocycles. The van der Waals surface area contributed by atoms with Gasteiger partial charge in [-0.25, -0.2) is 8.42 Å². The zero-order chi connectivity index (χ0) is 17.7. The van der Waals surface area contributed by atoms with E-state index in [0.29, 0.717) is 5.69 Å². The predicted octanol–water partition coefficient (Wildman–Crippen LogP) is 1.83. The summed E-state index contributed by atoms with van der Waals surface area (Å²) in [5.41, 5.74) is 1.75. The molecule has 1 aliphatic rings. The van der Waals surface area contributed by atoms with E-state index < -0.39 is 10.0 Å². The molecule has 0 unspecified atom stereocenters. The quantitative estimate of drug-likeness (QED) is 0.812. The molecule has 0 saturated carbocycles. The fraction of sp³-hybridized carbons (Fsp3) is 0.588. The summed E-state index contributed by atoms with van der Waals surface area (Å²) in [6.45, 7) is 6.23. The molecule has 1 amide bonds. The average molecular weight is 353 g/mol. The van der Waals surface area contributed by atoms with Gasteiger partial charge < -0.3 is 10.2 Å². The summed E-state index contributed by atoms with van der Waals surface area (Å²) in [7, 11) is -3.40. The van der Waals surface area contributed by atoms with Crippen LogP contribution in [0.4, 0.5) is 11.4 Å². The van der Waals surface area contributed by atoms with Crippen LogP contribution in [0.25, 0.3) is 0 Å². The topological polar surface area (TPSA) is 69.7 Å². The van der Waals surface area contributed by atoms with E-state index in [1.807, 2.05) is 24.3 Å². The highest BCUT2D eigenvalue weighted by Gasteiger charge is 2.19. The molecule has 1 fully saturated rings. The third-order valence-electron chi connectivity index (χ3n) is 4.15. The lowest BCUT2D eigenvalue weighted by atomic mass is 10.2. The number of rotatable bonds is 7. The zero-order valence-electron chi connectivity index (χ0n) is 14.7. The lowest BCUT2D eigenvalue weighted by Gasteiger charge is -2.24. The number of hydrogen-bond donors (Lipinski definition) is 1. The van der Waals surface area contributed by atoms with E-state index in [0.717, 1.165) is 18.8 Å². The largest absolute Gasteiger partial charge is 0.372 e. The molecule has 0 atom stereocenters. The van der Waals surface area contributed by atoms with Crippen LogP contribution in [0.2, 0.25) is 0 Å². The van der Waals surface area contributed by atoms with E-state index in [-0.39, 0.29) is 24.9 Å². The molecule has 0 bridgehead atoms. The van der Waals surface area contributed by atoms with Crippen molar-refractivity contribution >= 4 is 27.3 Å². The first-order chi connectivity index (χ1) is 11.3. The van der Waals surface area contributed by atoms with Gasteiger partial charge in [0.2, 0.25) is 15.9 Å². The second-order valence-electron chi connectivity index (χ2n) is 6.49. The van der Waals surface area contributed by atoms with Crippen LogP contribution in [0.15, 0.2) is 24.3 Å². The molecule has 0 aliphatic carbocycles. The Morgan fingerprint density at radius 3 is 2.29 bits per heavy atom. The summed E-state index contributed by atoms with van der Waals surface area (Å²) < 4.78 is 25.5. The van der Waals surface area contributed by atoms with Gasteiger partial charge in [-0.05, 0) is 37.1 Å². The van der Waals surface area contributed by atoms with Gasteiger partial charge in [0.1, 0.15) is 0 Å². The maximum absolute atomic E-state index is 12.1. The maximum Gasteiger partial charge on any atom is 0.232 e. The van der Waals surface area contributed by atoms with Crippen LogP contribution >= 0.6 is 0 Å². The van der Waals surface area contributed by atoms with Crippen LogP contribution in [0.1, 0.15) is 26.7 Å². The van der Waals surface area contributed by atoms with Gasteiger partial charge in [-0.2, -0.15) is 0 Å². The van der Waals surface area contributed by atoms with Crippen LogP contribution < -0.4 is 14.5 Å². The van der Waals surface area contributed by atoms with Crippen LogP contribution in [-0.4, -0.2) is 46.8 Å². The van der Waals surface area contributed by atoms with Crippen molar-refractivity contribution in [1.82, 2.24) is 5.32 Å². The number of nitrogens with one attached hydrogen (secondary N) is 1. The first-order valence-corrected chi connectivity index (χ1v) is 10.2. The zero-order valence-corrected chi connectivity index (χ0v) is 15.5. The molecule has 1 saturated heterocycles. The number of benzene rings is 1. The molecule has 1 aromatic carbocycles. The van der Waals surface area contributed by atoms with Gasteiger partial charge in [-0.1, -0.05) is 13.8 Å². The number of carbonyl (C=O) groups is 1. The van der Waals surface area contributed by atoms with E-state index in [4.69, 9.17) is 0 Å². The van der Waals surface area contributed by atoms with E-state index in [9.17, 15) is 13.2 Å². The van der Waals surface area contributed by atoms with Crippen LogP contribution in [0.3, 0.4) is 0 Å². The Morgan fingerprint density at radius 1 is 1.21 bits per heavy atom. The summed E-state index contributed by atoms with van der Waals surface area (Å²) in [4.78, 5) is 13.9. The summed E-state index contributed by atoms with van der Waals surface area (Å²) in [5.74, 6) is -0.190. The van der Waals surface area contributed by atoms with Crippen molar-refractivity contribution in [2.24, 2.45) is 5.92 Å². The number of hydrogen-bond acceptors (Lipinski definition) is 4. The standard InChI is InChI=1S/C17H27N3O3S/c1-14(2)17(21)18-10-13-20(24(3,22)23)16-8-6-15(7-9-16)19-11-4-5-12-19/h6-9,14H,4-5,10-13H2,1-3H3,(H,18,21). The molecule has 0 spiro atoms. The molecule has 1 heterocycles. The van der Waals surface area contributed by atoms with Gasteiger partial charge in [0.25, 0.3) is 0 Å². The summed E-state index contributed by atoms with van der Waals surface area (Å²) in [6.07, 6.45) is 3.59. The van der Waals surface area contributed by atoms with Crippen LogP contribution in [0, 0.1) is 5.92 Å². The monoisotopic (exact) mass is 353 g/mol. The van der Waals surface area contributed by atoms with Crippen molar-refractivity contribution < 1.29 is 13.2 Å². The predicted molar refractivity (Wildman–Crippen MR) is 97.9 cm³/mol. The number of anilines is 2. The SMILES string of the molecule is CC(C)C(=O)NCCN(c1ccc(N2CCCC2)cc1)S(C)(=O)=O. The summed E-state index contributed by atoms with van der Waals surface area (Å²) in [5, 5.41) is 2.76. The molecule has 0 radical (unpaired) electrons. The molecule has 7 heteroatoms. The van der Waals surface area contributed by atoms with Crippen molar-refractivity contribution in [2.45, 2.75) is 26.7 Å². The molecular weight excluding hydrogens is 326 g/mol. The second kappa shape index (κ2) is 7.88. The second-order valence-corrected chi connectivity index (χ2v) is 8.40. The Hall–Kier alpha value is -1.76. The highest BCUT2D eigenvalue weighted by Crippen LogP contribution is 2.24. The molecule has 6 nitrogen and oxygen atoms in total. The van der Waals surface area contributed by atoms with Gasteiger partial charge in [-0.3, -0.25) is 9.10 Å².